The summed E-state index contributed by atoms with van der Waals surface area (Å²) >= 11 is 5.65. The Balaban J connectivity index is 2.64. The molecule has 2 N–H and O–H groups in total. The summed E-state index contributed by atoms with van der Waals surface area (Å²) in [6.45, 7) is 2.01. The van der Waals surface area contributed by atoms with Crippen LogP contribution in [-0.4, -0.2) is 27.1 Å². The lowest BCUT2D eigenvalue weighted by atomic mass is 10.1. The molecule has 1 rings (SSSR count). The number of carbonyl (C=O) groups is 1. The molecule has 0 amide bonds. The standard InChI is InChI=1S/C10H14ClN3O2/c1-2-3-4-7(10(15)16)13-9-6-12-5-8(11)14-9/h5-7H,2-4H2,1H3,(H,13,14)(H,15,16). The highest BCUT2D eigenvalue weighted by Crippen LogP contribution is 2.11. The topological polar surface area (TPSA) is 75.1 Å². The molecule has 0 aliphatic rings. The summed E-state index contributed by atoms with van der Waals surface area (Å²) in [5.74, 6) is -0.508. The molecule has 1 aromatic rings. The second-order valence-corrected chi connectivity index (χ2v) is 3.79. The molecule has 5 nitrogen and oxygen atoms in total. The lowest BCUT2D eigenvalue weighted by Gasteiger charge is -2.14. The van der Waals surface area contributed by atoms with Gasteiger partial charge in [0.25, 0.3) is 0 Å². The van der Waals surface area contributed by atoms with Crippen LogP contribution in [0.1, 0.15) is 26.2 Å². The molecule has 1 atom stereocenters. The first kappa shape index (κ1) is 12.7. The minimum absolute atomic E-state index is 0.240. The highest BCUT2D eigenvalue weighted by atomic mass is 35.5. The van der Waals surface area contributed by atoms with E-state index in [1.807, 2.05) is 6.92 Å². The van der Waals surface area contributed by atoms with Gasteiger partial charge in [0.2, 0.25) is 0 Å². The SMILES string of the molecule is CCCCC(Nc1cncc(Cl)n1)C(=O)O. The van der Waals surface area contributed by atoms with Gasteiger partial charge in [0, 0.05) is 0 Å². The Bertz CT molecular complexity index is 360. The van der Waals surface area contributed by atoms with E-state index in [1.54, 1.807) is 0 Å². The van der Waals surface area contributed by atoms with Gasteiger partial charge in [-0.05, 0) is 6.42 Å². The van der Waals surface area contributed by atoms with Crippen LogP contribution in [-0.2, 0) is 4.79 Å². The van der Waals surface area contributed by atoms with E-state index in [-0.39, 0.29) is 5.15 Å². The van der Waals surface area contributed by atoms with E-state index in [4.69, 9.17) is 16.7 Å². The van der Waals surface area contributed by atoms with E-state index in [0.717, 1.165) is 12.8 Å². The first-order valence-electron chi connectivity index (χ1n) is 5.10. The molecular weight excluding hydrogens is 230 g/mol. The number of nitrogens with zero attached hydrogens (tertiary/aromatic N) is 2. The van der Waals surface area contributed by atoms with Crippen molar-refractivity contribution in [1.29, 1.82) is 0 Å². The normalized spacial score (nSPS) is 12.1. The maximum Gasteiger partial charge on any atom is 0.326 e. The largest absolute Gasteiger partial charge is 0.480 e. The van der Waals surface area contributed by atoms with Crippen molar-refractivity contribution in [3.05, 3.63) is 17.5 Å². The van der Waals surface area contributed by atoms with Gasteiger partial charge < -0.3 is 10.4 Å². The fraction of sp³-hybridized carbons (Fsp3) is 0.500. The second kappa shape index (κ2) is 6.27. The van der Waals surface area contributed by atoms with E-state index in [2.05, 4.69) is 15.3 Å². The summed E-state index contributed by atoms with van der Waals surface area (Å²) in [5, 5.41) is 12.0. The van der Waals surface area contributed by atoms with Crippen LogP contribution in [0.4, 0.5) is 5.82 Å². The van der Waals surface area contributed by atoms with Gasteiger partial charge in [0.05, 0.1) is 12.4 Å². The number of aliphatic carboxylic acids is 1. The van der Waals surface area contributed by atoms with Crippen molar-refractivity contribution in [1.82, 2.24) is 9.97 Å². The van der Waals surface area contributed by atoms with Gasteiger partial charge in [-0.2, -0.15) is 0 Å². The van der Waals surface area contributed by atoms with Crippen molar-refractivity contribution in [3.63, 3.8) is 0 Å². The van der Waals surface area contributed by atoms with Gasteiger partial charge in [-0.25, -0.2) is 9.78 Å². The van der Waals surface area contributed by atoms with E-state index in [9.17, 15) is 4.79 Å². The van der Waals surface area contributed by atoms with Crippen molar-refractivity contribution < 1.29 is 9.90 Å². The molecule has 0 bridgehead atoms. The summed E-state index contributed by atoms with van der Waals surface area (Å²) in [7, 11) is 0. The smallest absolute Gasteiger partial charge is 0.326 e. The van der Waals surface area contributed by atoms with Crippen molar-refractivity contribution in [2.75, 3.05) is 5.32 Å². The number of hydrogen-bond donors (Lipinski definition) is 2. The van der Waals surface area contributed by atoms with Crippen molar-refractivity contribution in [3.8, 4) is 0 Å². The Labute approximate surface area is 98.9 Å². The lowest BCUT2D eigenvalue weighted by molar-refractivity contribution is -0.138. The maximum atomic E-state index is 11.0. The molecule has 0 spiro atoms. The second-order valence-electron chi connectivity index (χ2n) is 3.40. The van der Waals surface area contributed by atoms with Crippen LogP contribution in [0.15, 0.2) is 12.4 Å². The number of unbranched alkanes of at least 4 members (excludes halogenated alkanes) is 1. The molecule has 88 valence electrons. The predicted molar refractivity (Wildman–Crippen MR) is 61.6 cm³/mol. The molecule has 6 heteroatoms. The molecule has 16 heavy (non-hydrogen) atoms. The maximum absolute atomic E-state index is 11.0. The predicted octanol–water partition coefficient (Wildman–Crippen LogP) is 2.19. The van der Waals surface area contributed by atoms with Crippen molar-refractivity contribution >= 4 is 23.4 Å². The summed E-state index contributed by atoms with van der Waals surface area (Å²) in [4.78, 5) is 18.7. The molecule has 0 saturated heterocycles. The lowest BCUT2D eigenvalue weighted by Crippen LogP contribution is -2.29. The summed E-state index contributed by atoms with van der Waals surface area (Å²) in [5.41, 5.74) is 0. The third-order valence-electron chi connectivity index (χ3n) is 2.07. The zero-order valence-electron chi connectivity index (χ0n) is 8.98. The summed E-state index contributed by atoms with van der Waals surface area (Å²) in [6, 6.07) is -0.646. The Morgan fingerprint density at radius 2 is 2.38 bits per heavy atom. The number of hydrogen-bond acceptors (Lipinski definition) is 4. The molecule has 1 heterocycles. The monoisotopic (exact) mass is 243 g/mol. The highest BCUT2D eigenvalue weighted by molar-refractivity contribution is 6.29. The summed E-state index contributed by atoms with van der Waals surface area (Å²) in [6.07, 6.45) is 5.20. The van der Waals surface area contributed by atoms with Crippen LogP contribution < -0.4 is 5.32 Å². The van der Waals surface area contributed by atoms with Gasteiger partial charge in [0.15, 0.2) is 0 Å². The van der Waals surface area contributed by atoms with Gasteiger partial charge in [-0.1, -0.05) is 31.4 Å². The van der Waals surface area contributed by atoms with E-state index in [0.29, 0.717) is 12.2 Å². The number of halogens is 1. The first-order valence-corrected chi connectivity index (χ1v) is 5.48. The van der Waals surface area contributed by atoms with Crippen LogP contribution >= 0.6 is 11.6 Å². The molecule has 0 radical (unpaired) electrons. The molecule has 0 fully saturated rings. The van der Waals surface area contributed by atoms with E-state index < -0.39 is 12.0 Å². The number of carboxylic acids is 1. The number of carboxylic acid groups (broad SMARTS) is 1. The minimum Gasteiger partial charge on any atom is -0.480 e. The number of anilines is 1. The number of nitrogens with one attached hydrogen (secondary N) is 1. The Hall–Kier alpha value is -1.36. The van der Waals surface area contributed by atoms with Crippen LogP contribution in [0, 0.1) is 0 Å². The molecule has 0 aromatic carbocycles. The van der Waals surface area contributed by atoms with Crippen molar-refractivity contribution in [2.45, 2.75) is 32.2 Å². The van der Waals surface area contributed by atoms with Gasteiger partial charge in [-0.3, -0.25) is 4.98 Å². The fourth-order valence-electron chi connectivity index (χ4n) is 1.26. The van der Waals surface area contributed by atoms with E-state index in [1.165, 1.54) is 12.4 Å². The zero-order valence-corrected chi connectivity index (χ0v) is 9.74. The minimum atomic E-state index is -0.893. The van der Waals surface area contributed by atoms with Crippen molar-refractivity contribution in [2.24, 2.45) is 0 Å². The highest BCUT2D eigenvalue weighted by Gasteiger charge is 2.16. The van der Waals surface area contributed by atoms with Gasteiger partial charge >= 0.3 is 5.97 Å². The first-order chi connectivity index (χ1) is 7.63. The number of aromatic nitrogens is 2. The fourth-order valence-corrected chi connectivity index (χ4v) is 1.40. The third kappa shape index (κ3) is 4.02. The van der Waals surface area contributed by atoms with Crippen LogP contribution in [0.25, 0.3) is 0 Å². The molecule has 1 aromatic heterocycles. The zero-order chi connectivity index (χ0) is 12.0. The van der Waals surface area contributed by atoms with E-state index >= 15 is 0 Å². The average molecular weight is 244 g/mol. The molecule has 0 saturated carbocycles. The van der Waals surface area contributed by atoms with Crippen LogP contribution in [0.3, 0.4) is 0 Å². The van der Waals surface area contributed by atoms with Crippen LogP contribution in [0.5, 0.6) is 0 Å². The van der Waals surface area contributed by atoms with Gasteiger partial charge in [-0.15, -0.1) is 0 Å². The third-order valence-corrected chi connectivity index (χ3v) is 2.25. The number of rotatable bonds is 6. The molecule has 0 aliphatic carbocycles. The Kier molecular flexibility index (Phi) is 4.98. The molecule has 0 aliphatic heterocycles. The molecular formula is C10H14ClN3O2. The quantitative estimate of drug-likeness (QED) is 0.801. The van der Waals surface area contributed by atoms with Gasteiger partial charge in [0.1, 0.15) is 17.0 Å². The molecule has 1 unspecified atom stereocenters. The van der Waals surface area contributed by atoms with Crippen LogP contribution in [0.2, 0.25) is 5.15 Å². The Morgan fingerprint density at radius 3 is 2.94 bits per heavy atom. The average Bonchev–Trinajstić information content (AvgIpc) is 2.24. The Morgan fingerprint density at radius 1 is 1.62 bits per heavy atom. The summed E-state index contributed by atoms with van der Waals surface area (Å²) < 4.78 is 0.